The van der Waals surface area contributed by atoms with E-state index in [4.69, 9.17) is 5.73 Å². The van der Waals surface area contributed by atoms with Gasteiger partial charge < -0.3 is 16.0 Å². The van der Waals surface area contributed by atoms with Gasteiger partial charge in [-0.2, -0.15) is 4.98 Å². The molecule has 7 heteroatoms. The van der Waals surface area contributed by atoms with Crippen molar-refractivity contribution in [2.45, 2.75) is 32.2 Å². The SMILES string of the molecule is CCc1cc2c(N3CCCC3C(N)=O)nc(NC)nc2s1. The fourth-order valence-electron chi connectivity index (χ4n) is 2.78. The Balaban J connectivity index is 2.15. The van der Waals surface area contributed by atoms with Crippen LogP contribution in [0.4, 0.5) is 11.8 Å². The molecule has 1 amide bonds. The fraction of sp³-hybridized carbons (Fsp3) is 0.500. The molecule has 21 heavy (non-hydrogen) atoms. The zero-order valence-electron chi connectivity index (χ0n) is 12.2. The molecule has 3 rings (SSSR count). The normalized spacial score (nSPS) is 18.4. The summed E-state index contributed by atoms with van der Waals surface area (Å²) in [5, 5.41) is 4.01. The second-order valence-electron chi connectivity index (χ2n) is 5.16. The van der Waals surface area contributed by atoms with E-state index in [0.29, 0.717) is 5.95 Å². The largest absolute Gasteiger partial charge is 0.368 e. The van der Waals surface area contributed by atoms with Gasteiger partial charge in [0.2, 0.25) is 11.9 Å². The van der Waals surface area contributed by atoms with Crippen LogP contribution in [0.25, 0.3) is 10.2 Å². The van der Waals surface area contributed by atoms with Gasteiger partial charge in [-0.1, -0.05) is 6.92 Å². The van der Waals surface area contributed by atoms with Gasteiger partial charge in [-0.15, -0.1) is 11.3 Å². The molecule has 1 atom stereocenters. The highest BCUT2D eigenvalue weighted by Gasteiger charge is 2.31. The van der Waals surface area contributed by atoms with Crippen LogP contribution in [0.3, 0.4) is 0 Å². The zero-order valence-corrected chi connectivity index (χ0v) is 13.0. The van der Waals surface area contributed by atoms with E-state index in [2.05, 4.69) is 28.3 Å². The van der Waals surface area contributed by atoms with E-state index in [1.165, 1.54) is 4.88 Å². The number of hydrogen-bond donors (Lipinski definition) is 2. The second kappa shape index (κ2) is 5.48. The summed E-state index contributed by atoms with van der Waals surface area (Å²) in [4.78, 5) is 25.0. The predicted molar refractivity (Wildman–Crippen MR) is 85.9 cm³/mol. The molecule has 1 unspecified atom stereocenters. The summed E-state index contributed by atoms with van der Waals surface area (Å²) < 4.78 is 0. The van der Waals surface area contributed by atoms with Crippen LogP contribution in [-0.2, 0) is 11.2 Å². The number of primary amides is 1. The lowest BCUT2D eigenvalue weighted by Crippen LogP contribution is -2.40. The van der Waals surface area contributed by atoms with Crippen molar-refractivity contribution < 1.29 is 4.79 Å². The number of carbonyl (C=O) groups excluding carboxylic acids is 1. The van der Waals surface area contributed by atoms with Gasteiger partial charge >= 0.3 is 0 Å². The minimum Gasteiger partial charge on any atom is -0.368 e. The number of rotatable bonds is 4. The number of nitrogens with one attached hydrogen (secondary N) is 1. The third-order valence-corrected chi connectivity index (χ3v) is 5.02. The van der Waals surface area contributed by atoms with Crippen molar-refractivity contribution in [3.8, 4) is 0 Å². The van der Waals surface area contributed by atoms with Gasteiger partial charge in [-0.3, -0.25) is 4.79 Å². The van der Waals surface area contributed by atoms with E-state index < -0.39 is 0 Å². The summed E-state index contributed by atoms with van der Waals surface area (Å²) in [7, 11) is 1.80. The van der Waals surface area contributed by atoms with Gasteiger partial charge in [-0.05, 0) is 25.3 Å². The van der Waals surface area contributed by atoms with Gasteiger partial charge in [0.25, 0.3) is 0 Å². The van der Waals surface area contributed by atoms with Crippen LogP contribution in [-0.4, -0.2) is 35.5 Å². The molecule has 0 aliphatic carbocycles. The van der Waals surface area contributed by atoms with Crippen LogP contribution in [0.2, 0.25) is 0 Å². The maximum Gasteiger partial charge on any atom is 0.240 e. The maximum absolute atomic E-state index is 11.7. The molecule has 112 valence electrons. The lowest BCUT2D eigenvalue weighted by molar-refractivity contribution is -0.119. The highest BCUT2D eigenvalue weighted by Crippen LogP contribution is 2.35. The Morgan fingerprint density at radius 2 is 2.38 bits per heavy atom. The second-order valence-corrected chi connectivity index (χ2v) is 6.27. The Bertz CT molecular complexity index is 683. The van der Waals surface area contributed by atoms with E-state index >= 15 is 0 Å². The maximum atomic E-state index is 11.7. The molecule has 1 aliphatic heterocycles. The highest BCUT2D eigenvalue weighted by atomic mass is 32.1. The Morgan fingerprint density at radius 1 is 1.57 bits per heavy atom. The molecule has 1 saturated heterocycles. The number of nitrogens with two attached hydrogens (primary N) is 1. The number of carbonyl (C=O) groups is 1. The molecule has 6 nitrogen and oxygen atoms in total. The van der Waals surface area contributed by atoms with E-state index in [9.17, 15) is 4.79 Å². The quantitative estimate of drug-likeness (QED) is 0.899. The van der Waals surface area contributed by atoms with Crippen LogP contribution in [0.1, 0.15) is 24.6 Å². The summed E-state index contributed by atoms with van der Waals surface area (Å²) in [6, 6.07) is 1.86. The van der Waals surface area contributed by atoms with Gasteiger partial charge in [0, 0.05) is 18.5 Å². The Kier molecular flexibility index (Phi) is 3.67. The number of aryl methyl sites for hydroxylation is 1. The van der Waals surface area contributed by atoms with Crippen molar-refractivity contribution in [3.63, 3.8) is 0 Å². The number of amides is 1. The number of fused-ring (bicyclic) bond motifs is 1. The number of thiophene rings is 1. The van der Waals surface area contributed by atoms with Crippen LogP contribution in [0, 0.1) is 0 Å². The van der Waals surface area contributed by atoms with Gasteiger partial charge in [0.05, 0.1) is 5.39 Å². The molecule has 1 aliphatic rings. The van der Waals surface area contributed by atoms with E-state index in [1.54, 1.807) is 18.4 Å². The van der Waals surface area contributed by atoms with Crippen LogP contribution < -0.4 is 16.0 Å². The number of nitrogens with zero attached hydrogens (tertiary/aromatic N) is 3. The molecule has 2 aromatic heterocycles. The molecular weight excluding hydrogens is 286 g/mol. The smallest absolute Gasteiger partial charge is 0.240 e. The van der Waals surface area contributed by atoms with Crippen molar-refractivity contribution in [2.75, 3.05) is 23.8 Å². The molecule has 3 N–H and O–H groups in total. The zero-order chi connectivity index (χ0) is 15.0. The van der Waals surface area contributed by atoms with Crippen LogP contribution in [0.5, 0.6) is 0 Å². The van der Waals surface area contributed by atoms with Gasteiger partial charge in [0.15, 0.2) is 0 Å². The number of aromatic nitrogens is 2. The Morgan fingerprint density at radius 3 is 3.05 bits per heavy atom. The van der Waals surface area contributed by atoms with E-state index in [1.807, 2.05) is 4.90 Å². The topological polar surface area (TPSA) is 84.1 Å². The molecule has 1 fully saturated rings. The van der Waals surface area contributed by atoms with Crippen LogP contribution >= 0.6 is 11.3 Å². The Hall–Kier alpha value is -1.89. The average Bonchev–Trinajstić information content (AvgIpc) is 3.11. The average molecular weight is 305 g/mol. The molecule has 0 spiro atoms. The van der Waals surface area contributed by atoms with Crippen LogP contribution in [0.15, 0.2) is 6.07 Å². The number of anilines is 2. The minimum absolute atomic E-state index is 0.266. The lowest BCUT2D eigenvalue weighted by atomic mass is 10.2. The molecular formula is C14H19N5OS. The van der Waals surface area contributed by atoms with Gasteiger partial charge in [-0.25, -0.2) is 4.98 Å². The molecule has 0 radical (unpaired) electrons. The fourth-order valence-corrected chi connectivity index (χ4v) is 3.74. The molecule has 3 heterocycles. The third kappa shape index (κ3) is 2.42. The molecule has 0 saturated carbocycles. The van der Waals surface area contributed by atoms with Crippen molar-refractivity contribution in [2.24, 2.45) is 5.73 Å². The molecule has 2 aromatic rings. The van der Waals surface area contributed by atoms with E-state index in [0.717, 1.165) is 41.8 Å². The summed E-state index contributed by atoms with van der Waals surface area (Å²) >= 11 is 1.68. The van der Waals surface area contributed by atoms with Crippen molar-refractivity contribution >= 4 is 39.2 Å². The molecule has 0 bridgehead atoms. The highest BCUT2D eigenvalue weighted by molar-refractivity contribution is 7.18. The minimum atomic E-state index is -0.281. The predicted octanol–water partition coefficient (Wildman–Crippen LogP) is 1.75. The lowest BCUT2D eigenvalue weighted by Gasteiger charge is -2.24. The summed E-state index contributed by atoms with van der Waals surface area (Å²) in [6.45, 7) is 2.93. The van der Waals surface area contributed by atoms with E-state index in [-0.39, 0.29) is 11.9 Å². The van der Waals surface area contributed by atoms with Crippen molar-refractivity contribution in [1.29, 1.82) is 0 Å². The first-order chi connectivity index (χ1) is 10.1. The first-order valence-electron chi connectivity index (χ1n) is 7.18. The van der Waals surface area contributed by atoms with Crippen molar-refractivity contribution in [3.05, 3.63) is 10.9 Å². The number of hydrogen-bond acceptors (Lipinski definition) is 6. The summed E-state index contributed by atoms with van der Waals surface area (Å²) in [5.41, 5.74) is 5.53. The van der Waals surface area contributed by atoms with Gasteiger partial charge in [0.1, 0.15) is 16.7 Å². The third-order valence-electron chi connectivity index (χ3n) is 3.85. The first-order valence-corrected chi connectivity index (χ1v) is 7.99. The monoisotopic (exact) mass is 305 g/mol. The van der Waals surface area contributed by atoms with Crippen molar-refractivity contribution in [1.82, 2.24) is 9.97 Å². The molecule has 0 aromatic carbocycles. The summed E-state index contributed by atoms with van der Waals surface area (Å²) in [6.07, 6.45) is 2.72. The Labute approximate surface area is 127 Å². The summed E-state index contributed by atoms with van der Waals surface area (Å²) in [5.74, 6) is 1.12. The standard InChI is InChI=1S/C14H19N5OS/c1-3-8-7-9-12(17-14(16-2)18-13(9)21-8)19-6-4-5-10(19)11(15)20/h7,10H,3-6H2,1-2H3,(H2,15,20)(H,16,17,18). The first kappa shape index (κ1) is 14.1.